The van der Waals surface area contributed by atoms with E-state index in [9.17, 15) is 14.7 Å². The Kier molecular flexibility index (Phi) is 14.7. The number of thiol groups is 1. The molecule has 0 radical (unpaired) electrons. The molecule has 0 heterocycles. The quantitative estimate of drug-likeness (QED) is 0.187. The Labute approximate surface area is 202 Å². The van der Waals surface area contributed by atoms with E-state index in [4.69, 9.17) is 5.73 Å². The van der Waals surface area contributed by atoms with Gasteiger partial charge in [-0.1, -0.05) is 50.6 Å². The van der Waals surface area contributed by atoms with E-state index in [1.165, 1.54) is 0 Å². The van der Waals surface area contributed by atoms with E-state index in [0.717, 1.165) is 12.0 Å². The van der Waals surface area contributed by atoms with Crippen LogP contribution in [0.2, 0.25) is 0 Å². The smallest absolute Gasteiger partial charge is 0.326 e. The Morgan fingerprint density at radius 2 is 1.84 bits per heavy atom. The molecule has 182 valence electrons. The molecule has 1 rings (SSSR count). The van der Waals surface area contributed by atoms with Crippen molar-refractivity contribution in [1.82, 2.24) is 16.0 Å². The van der Waals surface area contributed by atoms with Gasteiger partial charge in [-0.3, -0.25) is 4.79 Å². The summed E-state index contributed by atoms with van der Waals surface area (Å²) < 4.78 is 0. The Hall–Kier alpha value is -1.26. The fourth-order valence-corrected chi connectivity index (χ4v) is 3.87. The third-order valence-corrected chi connectivity index (χ3v) is 6.73. The van der Waals surface area contributed by atoms with Crippen molar-refractivity contribution in [2.45, 2.75) is 57.3 Å². The van der Waals surface area contributed by atoms with Crippen molar-refractivity contribution >= 4 is 36.3 Å². The van der Waals surface area contributed by atoms with Crippen molar-refractivity contribution in [3.8, 4) is 0 Å². The van der Waals surface area contributed by atoms with Crippen molar-refractivity contribution in [2.24, 2.45) is 11.7 Å². The molecule has 0 saturated carbocycles. The molecular formula is C23H40N4O3S2. The molecule has 9 heteroatoms. The van der Waals surface area contributed by atoms with Gasteiger partial charge in [0, 0.05) is 30.9 Å². The Morgan fingerprint density at radius 3 is 2.41 bits per heavy atom. The van der Waals surface area contributed by atoms with Gasteiger partial charge in [-0.05, 0) is 36.3 Å². The van der Waals surface area contributed by atoms with Crippen molar-refractivity contribution < 1.29 is 14.7 Å². The molecule has 0 fully saturated rings. The summed E-state index contributed by atoms with van der Waals surface area (Å²) in [7, 11) is 0. The van der Waals surface area contributed by atoms with Crippen LogP contribution >= 0.6 is 24.4 Å². The summed E-state index contributed by atoms with van der Waals surface area (Å²) in [4.78, 5) is 24.7. The molecular weight excluding hydrogens is 444 g/mol. The second-order valence-electron chi connectivity index (χ2n) is 8.17. The van der Waals surface area contributed by atoms with Crippen molar-refractivity contribution in [3.63, 3.8) is 0 Å². The van der Waals surface area contributed by atoms with Crippen LogP contribution in [0.15, 0.2) is 30.3 Å². The predicted molar refractivity (Wildman–Crippen MR) is 138 cm³/mol. The summed E-state index contributed by atoms with van der Waals surface area (Å²) >= 11 is 5.81. The Morgan fingerprint density at radius 1 is 1.16 bits per heavy atom. The summed E-state index contributed by atoms with van der Waals surface area (Å²) in [6, 6.07) is 8.40. The van der Waals surface area contributed by atoms with Crippen LogP contribution < -0.4 is 21.7 Å². The SMILES string of the molecule is CC[C@@H](C)[C@@H](CN[C@@H](Cc1ccccc1)C(=O)N[C@@H](CCSC)C(=O)O)NC[C@@H](N)CS. The van der Waals surface area contributed by atoms with Crippen molar-refractivity contribution in [2.75, 3.05) is 30.9 Å². The highest BCUT2D eigenvalue weighted by atomic mass is 32.2. The van der Waals surface area contributed by atoms with Gasteiger partial charge in [0.15, 0.2) is 0 Å². The van der Waals surface area contributed by atoms with Crippen LogP contribution in [0, 0.1) is 5.92 Å². The number of thioether (sulfide) groups is 1. The highest BCUT2D eigenvalue weighted by Crippen LogP contribution is 2.10. The number of nitrogens with one attached hydrogen (secondary N) is 3. The van der Waals surface area contributed by atoms with Crippen LogP contribution in [0.25, 0.3) is 0 Å². The molecule has 0 aliphatic heterocycles. The molecule has 32 heavy (non-hydrogen) atoms. The van der Waals surface area contributed by atoms with E-state index in [2.05, 4.69) is 42.4 Å². The van der Waals surface area contributed by atoms with E-state index in [0.29, 0.717) is 43.4 Å². The summed E-state index contributed by atoms with van der Waals surface area (Å²) in [5.74, 6) is 0.338. The maximum Gasteiger partial charge on any atom is 0.326 e. The van der Waals surface area contributed by atoms with E-state index in [1.54, 1.807) is 11.8 Å². The molecule has 0 bridgehead atoms. The average Bonchev–Trinajstić information content (AvgIpc) is 2.80. The number of hydrogen-bond acceptors (Lipinski definition) is 7. The number of benzene rings is 1. The highest BCUT2D eigenvalue weighted by molar-refractivity contribution is 7.98. The Balaban J connectivity index is 2.91. The van der Waals surface area contributed by atoms with Gasteiger partial charge < -0.3 is 26.8 Å². The van der Waals surface area contributed by atoms with Gasteiger partial charge in [0.2, 0.25) is 5.91 Å². The topological polar surface area (TPSA) is 116 Å². The normalized spacial score (nSPS) is 16.0. The van der Waals surface area contributed by atoms with Crippen LogP contribution in [0.4, 0.5) is 0 Å². The maximum absolute atomic E-state index is 13.1. The van der Waals surface area contributed by atoms with Crippen molar-refractivity contribution in [1.29, 1.82) is 0 Å². The minimum absolute atomic E-state index is 0.0407. The number of amides is 1. The number of nitrogens with two attached hydrogens (primary N) is 1. The van der Waals surface area contributed by atoms with Gasteiger partial charge in [0.25, 0.3) is 0 Å². The standard InChI is InChI=1S/C23H40N4O3S2/c1-4-16(2)21(25-13-18(24)15-31)14-26-20(12-17-8-6-5-7-9-17)22(28)27-19(23(29)30)10-11-32-3/h5-9,16,18-21,25-26,31H,4,10-15,24H2,1-3H3,(H,27,28)(H,29,30)/t16-,18-,19+,20+,21-/m1/s1. The molecule has 7 nitrogen and oxygen atoms in total. The number of carboxylic acids is 1. The second-order valence-corrected chi connectivity index (χ2v) is 9.53. The molecule has 1 aromatic rings. The molecule has 6 N–H and O–H groups in total. The summed E-state index contributed by atoms with van der Waals surface area (Å²) in [5, 5.41) is 19.1. The van der Waals surface area contributed by atoms with Gasteiger partial charge in [-0.15, -0.1) is 0 Å². The zero-order valence-electron chi connectivity index (χ0n) is 19.4. The van der Waals surface area contributed by atoms with Gasteiger partial charge in [-0.25, -0.2) is 4.79 Å². The molecule has 0 unspecified atom stereocenters. The fraction of sp³-hybridized carbons (Fsp3) is 0.652. The van der Waals surface area contributed by atoms with Crippen LogP contribution in [-0.2, 0) is 16.0 Å². The molecule has 0 aliphatic rings. The minimum Gasteiger partial charge on any atom is -0.480 e. The number of rotatable bonds is 17. The Bertz CT molecular complexity index is 666. The second kappa shape index (κ2) is 16.4. The first-order valence-electron chi connectivity index (χ1n) is 11.2. The van der Waals surface area contributed by atoms with Gasteiger partial charge in [0.1, 0.15) is 6.04 Å². The molecule has 0 aromatic heterocycles. The lowest BCUT2D eigenvalue weighted by atomic mass is 9.97. The minimum atomic E-state index is -1.01. The van der Waals surface area contributed by atoms with Crippen LogP contribution in [-0.4, -0.2) is 72.0 Å². The molecule has 1 aromatic carbocycles. The monoisotopic (exact) mass is 484 g/mol. The zero-order valence-corrected chi connectivity index (χ0v) is 21.1. The lowest BCUT2D eigenvalue weighted by Crippen LogP contribution is -2.55. The number of carbonyl (C=O) groups excluding carboxylic acids is 1. The first kappa shape index (κ1) is 28.8. The van der Waals surface area contributed by atoms with E-state index < -0.39 is 18.1 Å². The molecule has 1 amide bonds. The lowest BCUT2D eigenvalue weighted by Gasteiger charge is -2.29. The third kappa shape index (κ3) is 11.0. The van der Waals surface area contributed by atoms with E-state index in [1.807, 2.05) is 36.6 Å². The summed E-state index contributed by atoms with van der Waals surface area (Å²) in [6.07, 6.45) is 3.77. The fourth-order valence-electron chi connectivity index (χ4n) is 3.27. The predicted octanol–water partition coefficient (Wildman–Crippen LogP) is 1.77. The van der Waals surface area contributed by atoms with Crippen LogP contribution in [0.3, 0.4) is 0 Å². The zero-order chi connectivity index (χ0) is 23.9. The van der Waals surface area contributed by atoms with Crippen LogP contribution in [0.1, 0.15) is 32.3 Å². The number of aliphatic carboxylic acids is 1. The number of hydrogen-bond donors (Lipinski definition) is 6. The summed E-state index contributed by atoms with van der Waals surface area (Å²) in [6.45, 7) is 5.52. The molecule has 5 atom stereocenters. The van der Waals surface area contributed by atoms with Crippen LogP contribution in [0.5, 0.6) is 0 Å². The average molecular weight is 485 g/mol. The number of carbonyl (C=O) groups is 2. The number of carboxylic acid groups (broad SMARTS) is 1. The van der Waals surface area contributed by atoms with Gasteiger partial charge in [-0.2, -0.15) is 24.4 Å². The highest BCUT2D eigenvalue weighted by Gasteiger charge is 2.26. The molecule has 0 aliphatic carbocycles. The molecule has 0 spiro atoms. The summed E-state index contributed by atoms with van der Waals surface area (Å²) in [5.41, 5.74) is 7.03. The first-order valence-corrected chi connectivity index (χ1v) is 13.2. The van der Waals surface area contributed by atoms with E-state index >= 15 is 0 Å². The third-order valence-electron chi connectivity index (χ3n) is 5.62. The maximum atomic E-state index is 13.1. The lowest BCUT2D eigenvalue weighted by molar-refractivity contribution is -0.142. The van der Waals surface area contributed by atoms with Gasteiger partial charge >= 0.3 is 5.97 Å². The van der Waals surface area contributed by atoms with E-state index in [-0.39, 0.29) is 18.0 Å². The first-order chi connectivity index (χ1) is 15.3. The largest absolute Gasteiger partial charge is 0.480 e. The van der Waals surface area contributed by atoms with Gasteiger partial charge in [0.05, 0.1) is 6.04 Å². The molecule has 0 saturated heterocycles. The van der Waals surface area contributed by atoms with Crippen molar-refractivity contribution in [3.05, 3.63) is 35.9 Å².